The number of hydrogen-bond acceptors (Lipinski definition) is 4. The molecule has 0 aliphatic carbocycles. The molecule has 4 aromatic carbocycles. The summed E-state index contributed by atoms with van der Waals surface area (Å²) >= 11 is 8.91. The number of alkyl halides is 2. The van der Waals surface area contributed by atoms with Gasteiger partial charge in [-0.05, 0) is 70.8 Å². The highest BCUT2D eigenvalue weighted by Gasteiger charge is 2.05. The fraction of sp³-hybridized carbons (Fsp3) is 0.133. The summed E-state index contributed by atoms with van der Waals surface area (Å²) in [7, 11) is 0. The average molecular weight is 596 g/mol. The number of halogens is 2. The Bertz CT molecular complexity index is 1270. The number of benzene rings is 4. The van der Waals surface area contributed by atoms with E-state index in [4.69, 9.17) is 32.5 Å². The van der Waals surface area contributed by atoms with Crippen LogP contribution in [0.15, 0.2) is 97.1 Å². The van der Waals surface area contributed by atoms with Crippen molar-refractivity contribution in [3.63, 3.8) is 0 Å². The molecule has 0 bridgehead atoms. The molecule has 4 aromatic rings. The first-order chi connectivity index (χ1) is 18.4. The maximum atomic E-state index is 11.2. The number of amides is 2. The van der Waals surface area contributed by atoms with Gasteiger partial charge in [0.15, 0.2) is 0 Å². The first kappa shape index (κ1) is 28.8. The van der Waals surface area contributed by atoms with Gasteiger partial charge in [-0.1, -0.05) is 64.5 Å². The molecule has 0 radical (unpaired) electrons. The Hall–Kier alpha value is -3.81. The molecular formula is C30H28BrClN2O4. The molecule has 6 nitrogen and oxygen atoms in total. The summed E-state index contributed by atoms with van der Waals surface area (Å²) in [5.74, 6) is 1.15. The molecule has 4 N–H and O–H groups in total. The van der Waals surface area contributed by atoms with Crippen LogP contribution in [0, 0.1) is 0 Å². The molecule has 0 saturated heterocycles. The van der Waals surface area contributed by atoms with Crippen molar-refractivity contribution in [2.45, 2.75) is 0 Å². The molecule has 0 atom stereocenters. The van der Waals surface area contributed by atoms with Gasteiger partial charge >= 0.3 is 0 Å². The molecule has 196 valence electrons. The van der Waals surface area contributed by atoms with Crippen LogP contribution in [-0.2, 0) is 0 Å². The second-order valence-electron chi connectivity index (χ2n) is 8.02. The van der Waals surface area contributed by atoms with E-state index >= 15 is 0 Å². The van der Waals surface area contributed by atoms with Crippen LogP contribution in [0.5, 0.6) is 11.5 Å². The van der Waals surface area contributed by atoms with Gasteiger partial charge in [0.05, 0.1) is 12.5 Å². The Balaban J connectivity index is 0.000000211. The maximum Gasteiger partial charge on any atom is 0.248 e. The monoisotopic (exact) mass is 594 g/mol. The topological polar surface area (TPSA) is 105 Å². The second kappa shape index (κ2) is 14.8. The summed E-state index contributed by atoms with van der Waals surface area (Å²) in [6, 6.07) is 29.8. The van der Waals surface area contributed by atoms with Crippen molar-refractivity contribution in [1.82, 2.24) is 0 Å². The van der Waals surface area contributed by atoms with Gasteiger partial charge in [0.25, 0.3) is 0 Å². The summed E-state index contributed by atoms with van der Waals surface area (Å²) in [4.78, 5) is 22.4. The van der Waals surface area contributed by atoms with Crippen LogP contribution in [0.2, 0.25) is 0 Å². The zero-order chi connectivity index (χ0) is 27.3. The molecule has 4 rings (SSSR count). The number of carbonyl (C=O) groups is 2. The van der Waals surface area contributed by atoms with Crippen LogP contribution in [0.3, 0.4) is 0 Å². The molecule has 0 fully saturated rings. The summed E-state index contributed by atoms with van der Waals surface area (Å²) in [5, 5.41) is 0.786. The minimum absolute atomic E-state index is 0.423. The van der Waals surface area contributed by atoms with Gasteiger partial charge in [0.1, 0.15) is 18.1 Å². The zero-order valence-electron chi connectivity index (χ0n) is 20.6. The molecule has 0 aliphatic rings. The molecule has 2 amide bonds. The summed E-state index contributed by atoms with van der Waals surface area (Å²) in [6.45, 7) is 1.08. The predicted octanol–water partition coefficient (Wildman–Crippen LogP) is 6.30. The van der Waals surface area contributed by atoms with E-state index in [1.165, 1.54) is 0 Å². The SMILES string of the molecule is NC(=O)c1cccc(-c2cccc(OCCBr)c2)c1.NC(=O)c1cccc(-c2cccc(OCCCl)c2)c1. The third kappa shape index (κ3) is 8.64. The first-order valence-corrected chi connectivity index (χ1v) is 13.4. The molecule has 0 heterocycles. The molecule has 0 unspecified atom stereocenters. The molecule has 0 saturated carbocycles. The summed E-state index contributed by atoms with van der Waals surface area (Å²) < 4.78 is 11.0. The lowest BCUT2D eigenvalue weighted by Crippen LogP contribution is -2.10. The Morgan fingerprint density at radius 1 is 0.632 bits per heavy atom. The number of nitrogens with two attached hydrogens (primary N) is 2. The van der Waals surface area contributed by atoms with Crippen molar-refractivity contribution < 1.29 is 19.1 Å². The Morgan fingerprint density at radius 3 is 1.42 bits per heavy atom. The van der Waals surface area contributed by atoms with E-state index in [0.29, 0.717) is 30.2 Å². The van der Waals surface area contributed by atoms with Gasteiger partial charge in [-0.3, -0.25) is 9.59 Å². The molecule has 38 heavy (non-hydrogen) atoms. The smallest absolute Gasteiger partial charge is 0.248 e. The highest BCUT2D eigenvalue weighted by molar-refractivity contribution is 9.09. The van der Waals surface area contributed by atoms with E-state index in [2.05, 4.69) is 15.9 Å². The lowest BCUT2D eigenvalue weighted by atomic mass is 10.0. The fourth-order valence-electron chi connectivity index (χ4n) is 3.55. The molecule has 0 spiro atoms. The minimum atomic E-state index is -0.434. The third-order valence-corrected chi connectivity index (χ3v) is 5.80. The molecular weight excluding hydrogens is 568 g/mol. The van der Waals surface area contributed by atoms with Crippen molar-refractivity contribution in [2.24, 2.45) is 11.5 Å². The number of primary amides is 2. The van der Waals surface area contributed by atoms with Crippen molar-refractivity contribution in [1.29, 1.82) is 0 Å². The van der Waals surface area contributed by atoms with Gasteiger partial charge in [0.2, 0.25) is 11.8 Å². The fourth-order valence-corrected chi connectivity index (χ4v) is 3.79. The molecule has 0 aliphatic heterocycles. The quantitative estimate of drug-likeness (QED) is 0.210. The van der Waals surface area contributed by atoms with Crippen LogP contribution in [-0.4, -0.2) is 36.2 Å². The number of ether oxygens (including phenoxy) is 2. The van der Waals surface area contributed by atoms with Gasteiger partial charge < -0.3 is 20.9 Å². The summed E-state index contributed by atoms with van der Waals surface area (Å²) in [6.07, 6.45) is 0. The van der Waals surface area contributed by atoms with Crippen molar-refractivity contribution in [3.8, 4) is 33.8 Å². The van der Waals surface area contributed by atoms with Gasteiger partial charge in [-0.15, -0.1) is 11.6 Å². The lowest BCUT2D eigenvalue weighted by Gasteiger charge is -2.07. The van der Waals surface area contributed by atoms with Gasteiger partial charge in [0, 0.05) is 16.5 Å². The highest BCUT2D eigenvalue weighted by Crippen LogP contribution is 2.26. The van der Waals surface area contributed by atoms with Crippen LogP contribution < -0.4 is 20.9 Å². The zero-order valence-corrected chi connectivity index (χ0v) is 23.0. The number of hydrogen-bond donors (Lipinski definition) is 2. The van der Waals surface area contributed by atoms with Crippen LogP contribution in [0.25, 0.3) is 22.3 Å². The second-order valence-corrected chi connectivity index (χ2v) is 9.19. The van der Waals surface area contributed by atoms with Crippen LogP contribution >= 0.6 is 27.5 Å². The maximum absolute atomic E-state index is 11.2. The largest absolute Gasteiger partial charge is 0.493 e. The van der Waals surface area contributed by atoms with E-state index in [1.807, 2.05) is 72.8 Å². The Labute approximate surface area is 235 Å². The third-order valence-electron chi connectivity index (χ3n) is 5.32. The number of carbonyl (C=O) groups excluding carboxylic acids is 2. The van der Waals surface area contributed by atoms with Crippen molar-refractivity contribution in [3.05, 3.63) is 108 Å². The van der Waals surface area contributed by atoms with Crippen LogP contribution in [0.4, 0.5) is 0 Å². The number of rotatable bonds is 10. The van der Waals surface area contributed by atoms with E-state index in [1.54, 1.807) is 24.3 Å². The van der Waals surface area contributed by atoms with Gasteiger partial charge in [-0.25, -0.2) is 0 Å². The normalized spacial score (nSPS) is 10.2. The van der Waals surface area contributed by atoms with E-state index in [0.717, 1.165) is 39.1 Å². The molecule has 0 aromatic heterocycles. The average Bonchev–Trinajstić information content (AvgIpc) is 2.95. The van der Waals surface area contributed by atoms with E-state index in [-0.39, 0.29) is 0 Å². The lowest BCUT2D eigenvalue weighted by molar-refractivity contribution is 0.0992. The predicted molar refractivity (Wildman–Crippen MR) is 156 cm³/mol. The highest BCUT2D eigenvalue weighted by atomic mass is 79.9. The Morgan fingerprint density at radius 2 is 1.03 bits per heavy atom. The van der Waals surface area contributed by atoms with Crippen molar-refractivity contribution in [2.75, 3.05) is 24.4 Å². The van der Waals surface area contributed by atoms with Crippen molar-refractivity contribution >= 4 is 39.3 Å². The van der Waals surface area contributed by atoms with Crippen LogP contribution in [0.1, 0.15) is 20.7 Å². The van der Waals surface area contributed by atoms with E-state index < -0.39 is 11.8 Å². The Kier molecular flexibility index (Phi) is 11.2. The summed E-state index contributed by atoms with van der Waals surface area (Å²) in [5.41, 5.74) is 15.4. The standard InChI is InChI=1S/C15H14BrNO2.C15H14ClNO2/c2*16-7-8-19-14-6-2-4-12(10-14)11-3-1-5-13(9-11)15(17)18/h2*1-6,9-10H,7-8H2,(H2,17,18). The molecule has 8 heteroatoms. The first-order valence-electron chi connectivity index (χ1n) is 11.8. The van der Waals surface area contributed by atoms with E-state index in [9.17, 15) is 9.59 Å². The van der Waals surface area contributed by atoms with Gasteiger partial charge in [-0.2, -0.15) is 0 Å². The minimum Gasteiger partial charge on any atom is -0.493 e.